The minimum absolute atomic E-state index is 0.127. The van der Waals surface area contributed by atoms with Gasteiger partial charge in [-0.25, -0.2) is 0 Å². The number of unbranched alkanes of at least 4 members (excludes halogenated alkanes) is 2. The van der Waals surface area contributed by atoms with Crippen LogP contribution in [0.1, 0.15) is 31.7 Å². The van der Waals surface area contributed by atoms with Crippen LogP contribution in [0.3, 0.4) is 0 Å². The molecule has 1 aromatic carbocycles. The highest BCUT2D eigenvalue weighted by molar-refractivity contribution is 7.81. The van der Waals surface area contributed by atoms with Crippen molar-refractivity contribution >= 4 is 10.4 Å². The lowest BCUT2D eigenvalue weighted by Crippen LogP contribution is -2.06. The van der Waals surface area contributed by atoms with Gasteiger partial charge in [-0.3, -0.25) is 4.55 Å². The van der Waals surface area contributed by atoms with Crippen molar-refractivity contribution in [1.82, 2.24) is 0 Å². The topological polar surface area (TPSA) is 63.6 Å². The van der Waals surface area contributed by atoms with Gasteiger partial charge in [0.1, 0.15) is 5.75 Å². The summed E-state index contributed by atoms with van der Waals surface area (Å²) in [5.41, 5.74) is 1.14. The highest BCUT2D eigenvalue weighted by Gasteiger charge is 2.05. The number of benzene rings is 1. The van der Waals surface area contributed by atoms with E-state index in [2.05, 4.69) is 11.1 Å². The van der Waals surface area contributed by atoms with Crippen LogP contribution in [-0.2, 0) is 16.8 Å². The van der Waals surface area contributed by atoms with E-state index >= 15 is 0 Å². The van der Waals surface area contributed by atoms with Crippen LogP contribution in [-0.4, -0.2) is 13.0 Å². The molecule has 0 amide bonds. The van der Waals surface area contributed by atoms with Gasteiger partial charge in [0.05, 0.1) is 0 Å². The van der Waals surface area contributed by atoms with Crippen LogP contribution in [0.5, 0.6) is 5.75 Å². The quantitative estimate of drug-likeness (QED) is 0.617. The Balaban J connectivity index is 2.54. The van der Waals surface area contributed by atoms with Crippen molar-refractivity contribution in [2.45, 2.75) is 32.6 Å². The molecule has 0 radical (unpaired) electrons. The van der Waals surface area contributed by atoms with E-state index in [1.807, 2.05) is 0 Å². The van der Waals surface area contributed by atoms with E-state index in [1.165, 1.54) is 25.0 Å². The zero-order chi connectivity index (χ0) is 12.0. The Labute approximate surface area is 96.2 Å². The molecule has 1 rings (SSSR count). The van der Waals surface area contributed by atoms with Crippen LogP contribution in [0.4, 0.5) is 0 Å². The first kappa shape index (κ1) is 13.0. The molecular formula is C11H16O4S. The highest BCUT2D eigenvalue weighted by atomic mass is 32.3. The Kier molecular flexibility index (Phi) is 4.76. The summed E-state index contributed by atoms with van der Waals surface area (Å²) in [5.74, 6) is 0.127. The monoisotopic (exact) mass is 244 g/mol. The Bertz CT molecular complexity index is 408. The highest BCUT2D eigenvalue weighted by Crippen LogP contribution is 2.15. The first-order valence-corrected chi connectivity index (χ1v) is 6.63. The maximum atomic E-state index is 10.4. The molecule has 0 aromatic heterocycles. The second-order valence-corrected chi connectivity index (χ2v) is 4.63. The van der Waals surface area contributed by atoms with Gasteiger partial charge in [0.15, 0.2) is 0 Å². The molecule has 5 heteroatoms. The fourth-order valence-electron chi connectivity index (χ4n) is 1.41. The molecule has 0 fully saturated rings. The van der Waals surface area contributed by atoms with Crippen LogP contribution in [0.15, 0.2) is 24.3 Å². The summed E-state index contributed by atoms with van der Waals surface area (Å²) in [4.78, 5) is 0. The van der Waals surface area contributed by atoms with Gasteiger partial charge < -0.3 is 4.18 Å². The molecule has 0 aliphatic heterocycles. The summed E-state index contributed by atoms with van der Waals surface area (Å²) < 4.78 is 33.6. The lowest BCUT2D eigenvalue weighted by molar-refractivity contribution is 0.387. The van der Waals surface area contributed by atoms with Crippen molar-refractivity contribution in [3.05, 3.63) is 29.8 Å². The van der Waals surface area contributed by atoms with Gasteiger partial charge in [-0.05, 0) is 30.5 Å². The predicted molar refractivity (Wildman–Crippen MR) is 61.8 cm³/mol. The second kappa shape index (κ2) is 5.86. The summed E-state index contributed by atoms with van der Waals surface area (Å²) in [5, 5.41) is 0. The van der Waals surface area contributed by atoms with Crippen molar-refractivity contribution in [2.24, 2.45) is 0 Å². The summed E-state index contributed by atoms with van der Waals surface area (Å²) in [7, 11) is -4.41. The van der Waals surface area contributed by atoms with Gasteiger partial charge in [0, 0.05) is 0 Å². The van der Waals surface area contributed by atoms with Crippen LogP contribution in [0.2, 0.25) is 0 Å². The van der Waals surface area contributed by atoms with Crippen LogP contribution >= 0.6 is 0 Å². The number of hydrogen-bond acceptors (Lipinski definition) is 3. The SMILES string of the molecule is CCCCCc1ccc(OS(=O)(=O)O)cc1. The van der Waals surface area contributed by atoms with Gasteiger partial charge in [-0.2, -0.15) is 8.42 Å². The van der Waals surface area contributed by atoms with Crippen LogP contribution in [0, 0.1) is 0 Å². The van der Waals surface area contributed by atoms with E-state index in [9.17, 15) is 8.42 Å². The predicted octanol–water partition coefficient (Wildman–Crippen LogP) is 2.60. The third-order valence-electron chi connectivity index (χ3n) is 2.19. The smallest absolute Gasteiger partial charge is 0.362 e. The molecule has 0 heterocycles. The van der Waals surface area contributed by atoms with Crippen molar-refractivity contribution < 1.29 is 17.2 Å². The molecule has 0 spiro atoms. The molecule has 0 bridgehead atoms. The van der Waals surface area contributed by atoms with Crippen molar-refractivity contribution in [3.8, 4) is 5.75 Å². The summed E-state index contributed by atoms with van der Waals surface area (Å²) in [6.45, 7) is 2.14. The fraction of sp³-hybridized carbons (Fsp3) is 0.455. The zero-order valence-electron chi connectivity index (χ0n) is 9.22. The molecule has 0 saturated carbocycles. The largest absolute Gasteiger partial charge is 0.446 e. The van der Waals surface area contributed by atoms with E-state index in [4.69, 9.17) is 4.55 Å². The van der Waals surface area contributed by atoms with Gasteiger partial charge in [0.25, 0.3) is 0 Å². The maximum absolute atomic E-state index is 10.4. The summed E-state index contributed by atoms with van der Waals surface area (Å²) in [6.07, 6.45) is 4.45. The summed E-state index contributed by atoms with van der Waals surface area (Å²) in [6, 6.07) is 6.68. The average molecular weight is 244 g/mol. The Hall–Kier alpha value is -1.07. The molecule has 0 unspecified atom stereocenters. The average Bonchev–Trinajstić information content (AvgIpc) is 2.19. The molecular weight excluding hydrogens is 228 g/mol. The lowest BCUT2D eigenvalue weighted by atomic mass is 10.1. The number of rotatable bonds is 6. The normalized spacial score (nSPS) is 11.4. The van der Waals surface area contributed by atoms with Crippen molar-refractivity contribution in [3.63, 3.8) is 0 Å². The van der Waals surface area contributed by atoms with Gasteiger partial charge in [0.2, 0.25) is 0 Å². The van der Waals surface area contributed by atoms with E-state index < -0.39 is 10.4 Å². The van der Waals surface area contributed by atoms with E-state index in [1.54, 1.807) is 12.1 Å². The molecule has 0 aliphatic rings. The van der Waals surface area contributed by atoms with E-state index in [-0.39, 0.29) is 5.75 Å². The van der Waals surface area contributed by atoms with E-state index in [0.717, 1.165) is 18.4 Å². The van der Waals surface area contributed by atoms with Gasteiger partial charge >= 0.3 is 10.4 Å². The Morgan fingerprint density at radius 1 is 1.19 bits per heavy atom. The molecule has 16 heavy (non-hydrogen) atoms. The minimum atomic E-state index is -4.41. The summed E-state index contributed by atoms with van der Waals surface area (Å²) >= 11 is 0. The Morgan fingerprint density at radius 3 is 2.31 bits per heavy atom. The molecule has 1 aromatic rings. The minimum Gasteiger partial charge on any atom is -0.362 e. The molecule has 90 valence electrons. The van der Waals surface area contributed by atoms with Gasteiger partial charge in [-0.1, -0.05) is 31.9 Å². The maximum Gasteiger partial charge on any atom is 0.446 e. The number of hydrogen-bond donors (Lipinski definition) is 1. The molecule has 0 saturated heterocycles. The van der Waals surface area contributed by atoms with Crippen LogP contribution in [0.25, 0.3) is 0 Å². The standard InChI is InChI=1S/C11H16O4S/c1-2-3-4-5-10-6-8-11(9-7-10)15-16(12,13)14/h6-9H,2-5H2,1H3,(H,12,13,14). The lowest BCUT2D eigenvalue weighted by Gasteiger charge is -2.03. The third-order valence-corrected chi connectivity index (χ3v) is 2.60. The van der Waals surface area contributed by atoms with Crippen molar-refractivity contribution in [2.75, 3.05) is 0 Å². The van der Waals surface area contributed by atoms with Crippen molar-refractivity contribution in [1.29, 1.82) is 0 Å². The Morgan fingerprint density at radius 2 is 1.81 bits per heavy atom. The third kappa shape index (κ3) is 5.14. The second-order valence-electron chi connectivity index (χ2n) is 3.61. The fourth-order valence-corrected chi connectivity index (χ4v) is 1.77. The molecule has 0 atom stereocenters. The number of aryl methyl sites for hydroxylation is 1. The first-order valence-electron chi connectivity index (χ1n) is 5.27. The molecule has 4 nitrogen and oxygen atoms in total. The zero-order valence-corrected chi connectivity index (χ0v) is 10.0. The molecule has 1 N–H and O–H groups in total. The van der Waals surface area contributed by atoms with Gasteiger partial charge in [-0.15, -0.1) is 0 Å². The first-order chi connectivity index (χ1) is 7.51. The van der Waals surface area contributed by atoms with E-state index in [0.29, 0.717) is 0 Å². The van der Waals surface area contributed by atoms with Crippen LogP contribution < -0.4 is 4.18 Å². The molecule has 0 aliphatic carbocycles.